The summed E-state index contributed by atoms with van der Waals surface area (Å²) < 4.78 is 10.1. The van der Waals surface area contributed by atoms with E-state index < -0.39 is 35.3 Å². The van der Waals surface area contributed by atoms with Crippen molar-refractivity contribution >= 4 is 17.8 Å². The van der Waals surface area contributed by atoms with Crippen molar-refractivity contribution in [3.8, 4) is 5.75 Å². The lowest BCUT2D eigenvalue weighted by atomic mass is 9.90. The van der Waals surface area contributed by atoms with Gasteiger partial charge in [0.2, 0.25) is 0 Å². The molecule has 7 nitrogen and oxygen atoms in total. The Morgan fingerprint density at radius 2 is 1.66 bits per heavy atom. The predicted octanol–water partition coefficient (Wildman–Crippen LogP) is 2.91. The van der Waals surface area contributed by atoms with Crippen LogP contribution in [0.2, 0.25) is 0 Å². The number of carbonyl (C=O) groups is 3. The third-order valence-corrected chi connectivity index (χ3v) is 5.47. The molecule has 1 heterocycles. The number of likely N-dealkylation sites (tertiary alicyclic amines) is 1. The summed E-state index contributed by atoms with van der Waals surface area (Å²) in [5.41, 5.74) is -0.587. The molecule has 1 aliphatic heterocycles. The number of hydrogen-bond donors (Lipinski definition) is 1. The molecule has 0 bridgehead atoms. The Balaban J connectivity index is 2.16. The Morgan fingerprint density at radius 3 is 2.17 bits per heavy atom. The molecule has 1 fully saturated rings. The zero-order chi connectivity index (χ0) is 21.2. The van der Waals surface area contributed by atoms with Gasteiger partial charge >= 0.3 is 11.9 Å². The van der Waals surface area contributed by atoms with Gasteiger partial charge in [-0.25, -0.2) is 4.79 Å². The molecule has 0 spiro atoms. The highest BCUT2D eigenvalue weighted by Gasteiger charge is 2.58. The van der Waals surface area contributed by atoms with E-state index in [4.69, 9.17) is 9.47 Å². The Kier molecular flexibility index (Phi) is 5.59. The predicted molar refractivity (Wildman–Crippen MR) is 105 cm³/mol. The summed E-state index contributed by atoms with van der Waals surface area (Å²) in [6.07, 6.45) is -0.0513. The summed E-state index contributed by atoms with van der Waals surface area (Å²) in [4.78, 5) is 39.5. The summed E-state index contributed by atoms with van der Waals surface area (Å²) in [7, 11) is 2.79. The molecule has 0 aromatic heterocycles. The van der Waals surface area contributed by atoms with Crippen LogP contribution >= 0.6 is 0 Å². The fraction of sp³-hybridized carbons (Fsp3) is 0.318. The third-order valence-electron chi connectivity index (χ3n) is 5.47. The topological polar surface area (TPSA) is 93.1 Å². The normalized spacial score (nSPS) is 23.5. The number of aliphatic carboxylic acids is 1. The number of carbonyl (C=O) groups excluding carboxylic acids is 2. The first-order valence-corrected chi connectivity index (χ1v) is 9.17. The van der Waals surface area contributed by atoms with Crippen LogP contribution in [0.25, 0.3) is 0 Å². The highest BCUT2D eigenvalue weighted by Crippen LogP contribution is 2.48. The summed E-state index contributed by atoms with van der Waals surface area (Å²) in [6.45, 7) is 1.47. The molecule has 152 valence electrons. The molecule has 1 amide bonds. The van der Waals surface area contributed by atoms with Gasteiger partial charge in [0, 0.05) is 5.56 Å². The summed E-state index contributed by atoms with van der Waals surface area (Å²) >= 11 is 0. The second-order valence-corrected chi connectivity index (χ2v) is 7.17. The number of amides is 1. The lowest BCUT2D eigenvalue weighted by molar-refractivity contribution is -0.147. The van der Waals surface area contributed by atoms with Crippen molar-refractivity contribution in [1.29, 1.82) is 0 Å². The van der Waals surface area contributed by atoms with Gasteiger partial charge in [-0.1, -0.05) is 30.3 Å². The molecule has 3 rings (SSSR count). The summed E-state index contributed by atoms with van der Waals surface area (Å²) in [5, 5.41) is 9.99. The first kappa shape index (κ1) is 20.4. The molecule has 1 N–H and O–H groups in total. The highest BCUT2D eigenvalue weighted by atomic mass is 16.5. The zero-order valence-corrected chi connectivity index (χ0v) is 16.5. The molecule has 0 aliphatic carbocycles. The van der Waals surface area contributed by atoms with Crippen LogP contribution < -0.4 is 4.74 Å². The van der Waals surface area contributed by atoms with Crippen molar-refractivity contribution in [1.82, 2.24) is 4.90 Å². The minimum Gasteiger partial charge on any atom is -0.497 e. The van der Waals surface area contributed by atoms with Crippen molar-refractivity contribution in [2.45, 2.75) is 24.9 Å². The standard InChI is InChI=1S/C22H23NO6/c1-22(21(26)27)13-17(20(25)29-3)18(14-9-11-16(28-2)12-10-14)23(22)19(24)15-7-5-4-6-8-15/h4-12,17-18H,13H2,1-3H3,(H,26,27). The number of esters is 1. The van der Waals surface area contributed by atoms with E-state index in [1.165, 1.54) is 26.0 Å². The van der Waals surface area contributed by atoms with E-state index in [1.54, 1.807) is 54.6 Å². The molecule has 1 saturated heterocycles. The van der Waals surface area contributed by atoms with E-state index >= 15 is 0 Å². The van der Waals surface area contributed by atoms with Crippen LogP contribution in [0, 0.1) is 5.92 Å². The average molecular weight is 397 g/mol. The minimum atomic E-state index is -1.57. The van der Waals surface area contributed by atoms with E-state index in [9.17, 15) is 19.5 Å². The summed E-state index contributed by atoms with van der Waals surface area (Å²) in [6, 6.07) is 14.6. The minimum absolute atomic E-state index is 0.0513. The van der Waals surface area contributed by atoms with Crippen molar-refractivity contribution in [3.63, 3.8) is 0 Å². The van der Waals surface area contributed by atoms with Gasteiger partial charge in [0.15, 0.2) is 0 Å². The second kappa shape index (κ2) is 7.95. The Labute approximate surface area is 168 Å². The number of carboxylic acid groups (broad SMARTS) is 1. The smallest absolute Gasteiger partial charge is 0.329 e. The van der Waals surface area contributed by atoms with Gasteiger partial charge in [-0.3, -0.25) is 9.59 Å². The average Bonchev–Trinajstić information content (AvgIpc) is 3.08. The number of carboxylic acids is 1. The van der Waals surface area contributed by atoms with Crippen LogP contribution in [0.3, 0.4) is 0 Å². The quantitative estimate of drug-likeness (QED) is 0.780. The first-order chi connectivity index (χ1) is 13.8. The number of nitrogens with zero attached hydrogens (tertiary/aromatic N) is 1. The number of benzene rings is 2. The van der Waals surface area contributed by atoms with E-state index in [0.29, 0.717) is 16.9 Å². The molecule has 0 saturated carbocycles. The maximum atomic E-state index is 13.4. The fourth-order valence-electron chi connectivity index (χ4n) is 3.93. The molecule has 7 heteroatoms. The molecule has 29 heavy (non-hydrogen) atoms. The van der Waals surface area contributed by atoms with E-state index in [0.717, 1.165) is 0 Å². The highest BCUT2D eigenvalue weighted by molar-refractivity contribution is 5.99. The van der Waals surface area contributed by atoms with Crippen molar-refractivity contribution < 1.29 is 29.0 Å². The lowest BCUT2D eigenvalue weighted by Crippen LogP contribution is -2.51. The molecular formula is C22H23NO6. The summed E-state index contributed by atoms with van der Waals surface area (Å²) in [5.74, 6) is -2.39. The fourth-order valence-corrected chi connectivity index (χ4v) is 3.93. The first-order valence-electron chi connectivity index (χ1n) is 9.17. The molecule has 3 atom stereocenters. The van der Waals surface area contributed by atoms with Crippen LogP contribution in [0.5, 0.6) is 5.75 Å². The molecule has 0 radical (unpaired) electrons. The third kappa shape index (κ3) is 3.55. The van der Waals surface area contributed by atoms with Crippen LogP contribution in [-0.2, 0) is 14.3 Å². The lowest BCUT2D eigenvalue weighted by Gasteiger charge is -2.36. The second-order valence-electron chi connectivity index (χ2n) is 7.17. The van der Waals surface area contributed by atoms with Gasteiger partial charge in [-0.2, -0.15) is 0 Å². The Morgan fingerprint density at radius 1 is 1.03 bits per heavy atom. The van der Waals surface area contributed by atoms with Crippen LogP contribution in [0.4, 0.5) is 0 Å². The number of hydrogen-bond acceptors (Lipinski definition) is 5. The maximum absolute atomic E-state index is 13.4. The van der Waals surface area contributed by atoms with Gasteiger partial charge in [0.1, 0.15) is 11.3 Å². The Hall–Kier alpha value is -3.35. The van der Waals surface area contributed by atoms with Crippen molar-refractivity contribution in [2.75, 3.05) is 14.2 Å². The zero-order valence-electron chi connectivity index (χ0n) is 16.5. The molecule has 2 aromatic carbocycles. The van der Waals surface area contributed by atoms with E-state index in [1.807, 2.05) is 0 Å². The monoisotopic (exact) mass is 397 g/mol. The van der Waals surface area contributed by atoms with Gasteiger partial charge in [0.25, 0.3) is 5.91 Å². The van der Waals surface area contributed by atoms with E-state index in [-0.39, 0.29) is 6.42 Å². The van der Waals surface area contributed by atoms with Gasteiger partial charge in [-0.15, -0.1) is 0 Å². The number of methoxy groups -OCH3 is 2. The van der Waals surface area contributed by atoms with Gasteiger partial charge in [0.05, 0.1) is 26.2 Å². The van der Waals surface area contributed by atoms with Crippen LogP contribution in [0.15, 0.2) is 54.6 Å². The van der Waals surface area contributed by atoms with Crippen molar-refractivity contribution in [2.24, 2.45) is 5.92 Å². The molecule has 3 unspecified atom stereocenters. The van der Waals surface area contributed by atoms with Gasteiger partial charge < -0.3 is 19.5 Å². The van der Waals surface area contributed by atoms with Crippen molar-refractivity contribution in [3.05, 3.63) is 65.7 Å². The Bertz CT molecular complexity index is 911. The number of rotatable bonds is 5. The number of ether oxygens (including phenoxy) is 2. The van der Waals surface area contributed by atoms with Crippen LogP contribution in [0.1, 0.15) is 35.3 Å². The largest absolute Gasteiger partial charge is 0.497 e. The molecule has 1 aliphatic rings. The SMILES string of the molecule is COC(=O)C1CC(C)(C(=O)O)N(C(=O)c2ccccc2)C1c1ccc(OC)cc1. The maximum Gasteiger partial charge on any atom is 0.329 e. The van der Waals surface area contributed by atoms with Gasteiger partial charge in [-0.05, 0) is 43.2 Å². The molecular weight excluding hydrogens is 374 g/mol. The van der Waals surface area contributed by atoms with Crippen LogP contribution in [-0.4, -0.2) is 47.6 Å². The molecule has 2 aromatic rings. The van der Waals surface area contributed by atoms with E-state index in [2.05, 4.69) is 0 Å².